The zero-order chi connectivity index (χ0) is 20.6. The van der Waals surface area contributed by atoms with Crippen molar-refractivity contribution >= 4 is 16.0 Å². The Morgan fingerprint density at radius 3 is 2.29 bits per heavy atom. The molecule has 0 saturated carbocycles. The molecule has 6 nitrogen and oxygen atoms in total. The smallest absolute Gasteiger partial charge is 0.303 e. The van der Waals surface area contributed by atoms with Crippen LogP contribution in [0.1, 0.15) is 43.7 Å². The zero-order valence-corrected chi connectivity index (χ0v) is 16.4. The molecule has 28 heavy (non-hydrogen) atoms. The number of methoxy groups -OCH3 is 1. The topological polar surface area (TPSA) is 92.7 Å². The van der Waals surface area contributed by atoms with Gasteiger partial charge in [0.15, 0.2) is 0 Å². The number of carbonyl (C=O) groups is 1. The molecule has 0 radical (unpaired) electrons. The van der Waals surface area contributed by atoms with Crippen LogP contribution >= 0.6 is 0 Å². The first-order valence-electron chi connectivity index (χ1n) is 8.95. The van der Waals surface area contributed by atoms with Crippen molar-refractivity contribution in [2.75, 3.05) is 7.11 Å². The third-order valence-corrected chi connectivity index (χ3v) is 5.81. The maximum Gasteiger partial charge on any atom is 0.303 e. The van der Waals surface area contributed by atoms with Crippen molar-refractivity contribution in [3.63, 3.8) is 0 Å². The summed E-state index contributed by atoms with van der Waals surface area (Å²) < 4.78 is 46.5. The highest BCUT2D eigenvalue weighted by atomic mass is 32.2. The summed E-state index contributed by atoms with van der Waals surface area (Å²) in [5.41, 5.74) is 0.650. The number of carboxylic acid groups (broad SMARTS) is 1. The van der Waals surface area contributed by atoms with Crippen LogP contribution in [0.3, 0.4) is 0 Å². The molecule has 2 rings (SSSR count). The molecule has 0 heterocycles. The lowest BCUT2D eigenvalue weighted by Crippen LogP contribution is -2.28. The Morgan fingerprint density at radius 2 is 1.71 bits per heavy atom. The van der Waals surface area contributed by atoms with Crippen LogP contribution in [-0.4, -0.2) is 26.6 Å². The predicted molar refractivity (Wildman–Crippen MR) is 103 cm³/mol. The highest BCUT2D eigenvalue weighted by Crippen LogP contribution is 2.24. The van der Waals surface area contributed by atoms with Gasteiger partial charge in [0.1, 0.15) is 11.6 Å². The Morgan fingerprint density at radius 1 is 1.07 bits per heavy atom. The summed E-state index contributed by atoms with van der Waals surface area (Å²) in [4.78, 5) is 10.7. The van der Waals surface area contributed by atoms with Crippen LogP contribution in [0.2, 0.25) is 0 Å². The summed E-state index contributed by atoms with van der Waals surface area (Å²) in [5, 5.41) is 8.71. The minimum Gasteiger partial charge on any atom is -0.497 e. The summed E-state index contributed by atoms with van der Waals surface area (Å²) in [6.07, 6.45) is 2.38. The van der Waals surface area contributed by atoms with Crippen molar-refractivity contribution in [2.24, 2.45) is 0 Å². The summed E-state index contributed by atoms with van der Waals surface area (Å²) in [6.45, 7) is 0. The van der Waals surface area contributed by atoms with Crippen molar-refractivity contribution in [1.82, 2.24) is 4.72 Å². The molecule has 1 atom stereocenters. The van der Waals surface area contributed by atoms with Gasteiger partial charge in [0.2, 0.25) is 10.0 Å². The van der Waals surface area contributed by atoms with Crippen molar-refractivity contribution in [3.05, 3.63) is 59.9 Å². The molecule has 8 heteroatoms. The van der Waals surface area contributed by atoms with Crippen LogP contribution < -0.4 is 9.46 Å². The summed E-state index contributed by atoms with van der Waals surface area (Å²) in [6, 6.07) is 11.2. The monoisotopic (exact) mass is 409 g/mol. The van der Waals surface area contributed by atoms with E-state index in [1.165, 1.54) is 31.4 Å². The Balaban J connectivity index is 2.12. The number of hydrogen-bond acceptors (Lipinski definition) is 4. The molecule has 2 N–H and O–H groups in total. The predicted octanol–water partition coefficient (Wildman–Crippen LogP) is 3.89. The average molecular weight is 409 g/mol. The Labute approximate surface area is 164 Å². The van der Waals surface area contributed by atoms with Crippen molar-refractivity contribution in [3.8, 4) is 5.75 Å². The third kappa shape index (κ3) is 6.61. The SMILES string of the molecule is COc1ccc(S(=O)(=O)NC(CCCCCC(=O)O)c2ccc(F)cc2)cc1. The number of benzene rings is 2. The molecule has 0 aromatic heterocycles. The lowest BCUT2D eigenvalue weighted by atomic mass is 10.0. The molecule has 0 aliphatic rings. The standard InChI is InChI=1S/C20H24FNO5S/c1-27-17-11-13-18(14-12-17)28(25,26)22-19(5-3-2-4-6-20(23)24)15-7-9-16(21)10-8-15/h7-14,19,22H,2-6H2,1H3,(H,23,24). The maximum atomic E-state index is 13.2. The Hall–Kier alpha value is -2.45. The number of nitrogens with one attached hydrogen (secondary N) is 1. The Bertz CT molecular complexity index is 866. The first kappa shape index (κ1) is 21.8. The fourth-order valence-corrected chi connectivity index (χ4v) is 4.06. The molecular formula is C20H24FNO5S. The third-order valence-electron chi connectivity index (χ3n) is 4.32. The summed E-state index contributed by atoms with van der Waals surface area (Å²) >= 11 is 0. The molecule has 0 saturated heterocycles. The van der Waals surface area contributed by atoms with Gasteiger partial charge in [-0.05, 0) is 54.8 Å². The first-order valence-corrected chi connectivity index (χ1v) is 10.4. The van der Waals surface area contributed by atoms with Gasteiger partial charge >= 0.3 is 5.97 Å². The number of carboxylic acids is 1. The van der Waals surface area contributed by atoms with Crippen LogP contribution in [0.15, 0.2) is 53.4 Å². The van der Waals surface area contributed by atoms with E-state index in [1.807, 2.05) is 0 Å². The highest BCUT2D eigenvalue weighted by Gasteiger charge is 2.21. The number of sulfonamides is 1. The van der Waals surface area contributed by atoms with Gasteiger partial charge in [-0.3, -0.25) is 4.79 Å². The second kappa shape index (κ2) is 10.2. The van der Waals surface area contributed by atoms with Gasteiger partial charge in [-0.1, -0.05) is 25.0 Å². The fourth-order valence-electron chi connectivity index (χ4n) is 2.80. The molecule has 0 aliphatic carbocycles. The van der Waals surface area contributed by atoms with E-state index in [-0.39, 0.29) is 11.3 Å². The molecule has 2 aromatic carbocycles. The number of halogens is 1. The van der Waals surface area contributed by atoms with E-state index in [0.29, 0.717) is 37.0 Å². The Kier molecular flexibility index (Phi) is 7.95. The van der Waals surface area contributed by atoms with Crippen LogP contribution in [0.25, 0.3) is 0 Å². The summed E-state index contributed by atoms with van der Waals surface area (Å²) in [5.74, 6) is -0.704. The molecule has 0 bridgehead atoms. The van der Waals surface area contributed by atoms with Gasteiger partial charge in [-0.2, -0.15) is 0 Å². The van der Waals surface area contributed by atoms with E-state index in [2.05, 4.69) is 4.72 Å². The van der Waals surface area contributed by atoms with Gasteiger partial charge < -0.3 is 9.84 Å². The summed E-state index contributed by atoms with van der Waals surface area (Å²) in [7, 11) is -2.30. The van der Waals surface area contributed by atoms with E-state index in [1.54, 1.807) is 24.3 Å². The number of ether oxygens (including phenoxy) is 1. The van der Waals surface area contributed by atoms with E-state index < -0.39 is 27.9 Å². The highest BCUT2D eigenvalue weighted by molar-refractivity contribution is 7.89. The number of unbranched alkanes of at least 4 members (excludes halogenated alkanes) is 2. The van der Waals surface area contributed by atoms with Crippen molar-refractivity contribution in [1.29, 1.82) is 0 Å². The van der Waals surface area contributed by atoms with Gasteiger partial charge in [-0.25, -0.2) is 17.5 Å². The lowest BCUT2D eigenvalue weighted by Gasteiger charge is -2.19. The quantitative estimate of drug-likeness (QED) is 0.549. The number of aliphatic carboxylic acids is 1. The van der Waals surface area contributed by atoms with Crippen LogP contribution in [0.5, 0.6) is 5.75 Å². The van der Waals surface area contributed by atoms with E-state index in [0.717, 1.165) is 0 Å². The van der Waals surface area contributed by atoms with Crippen LogP contribution in [-0.2, 0) is 14.8 Å². The minimum absolute atomic E-state index is 0.0821. The molecule has 1 unspecified atom stereocenters. The van der Waals surface area contributed by atoms with Crippen LogP contribution in [0.4, 0.5) is 4.39 Å². The minimum atomic E-state index is -3.79. The van der Waals surface area contributed by atoms with E-state index in [4.69, 9.17) is 9.84 Å². The fraction of sp³-hybridized carbons (Fsp3) is 0.350. The number of hydrogen-bond donors (Lipinski definition) is 2. The lowest BCUT2D eigenvalue weighted by molar-refractivity contribution is -0.137. The molecule has 2 aromatic rings. The number of rotatable bonds is 11. The molecule has 0 aliphatic heterocycles. The maximum absolute atomic E-state index is 13.2. The van der Waals surface area contributed by atoms with Gasteiger partial charge in [0.05, 0.1) is 12.0 Å². The molecular weight excluding hydrogens is 385 g/mol. The zero-order valence-electron chi connectivity index (χ0n) is 15.6. The van der Waals surface area contributed by atoms with Crippen molar-refractivity contribution < 1.29 is 27.4 Å². The van der Waals surface area contributed by atoms with E-state index >= 15 is 0 Å². The van der Waals surface area contributed by atoms with Gasteiger partial charge in [0.25, 0.3) is 0 Å². The average Bonchev–Trinajstić information content (AvgIpc) is 2.67. The second-order valence-corrected chi connectivity index (χ2v) is 8.11. The molecule has 0 spiro atoms. The molecule has 0 amide bonds. The van der Waals surface area contributed by atoms with Crippen molar-refractivity contribution in [2.45, 2.75) is 43.0 Å². The largest absolute Gasteiger partial charge is 0.497 e. The normalized spacial score (nSPS) is 12.5. The van der Waals surface area contributed by atoms with Crippen LogP contribution in [0, 0.1) is 5.82 Å². The van der Waals surface area contributed by atoms with E-state index in [9.17, 15) is 17.6 Å². The first-order chi connectivity index (χ1) is 13.3. The molecule has 0 fully saturated rings. The van der Waals surface area contributed by atoms with Gasteiger partial charge in [-0.15, -0.1) is 0 Å². The van der Waals surface area contributed by atoms with Gasteiger partial charge in [0, 0.05) is 12.5 Å². The second-order valence-electron chi connectivity index (χ2n) is 6.39. The molecule has 152 valence electrons.